The van der Waals surface area contributed by atoms with Gasteiger partial charge in [0.2, 0.25) is 0 Å². The highest BCUT2D eigenvalue weighted by Crippen LogP contribution is 2.21. The Morgan fingerprint density at radius 2 is 1.58 bits per heavy atom. The summed E-state index contributed by atoms with van der Waals surface area (Å²) < 4.78 is 0. The second-order valence-corrected chi connectivity index (χ2v) is 5.34. The molecule has 0 spiro atoms. The predicted molar refractivity (Wildman–Crippen MR) is 82.4 cm³/mol. The predicted octanol–water partition coefficient (Wildman–Crippen LogP) is 4.11. The van der Waals surface area contributed by atoms with Crippen molar-refractivity contribution >= 4 is 0 Å². The smallest absolute Gasteiger partial charge is 0.0338 e. The first kappa shape index (κ1) is 13.8. The van der Waals surface area contributed by atoms with Crippen LogP contribution >= 0.6 is 0 Å². The summed E-state index contributed by atoms with van der Waals surface area (Å²) >= 11 is 0. The number of nitrogens with two attached hydrogens (primary N) is 1. The van der Waals surface area contributed by atoms with Gasteiger partial charge in [0.15, 0.2) is 0 Å². The minimum Gasteiger partial charge on any atom is -0.324 e. The summed E-state index contributed by atoms with van der Waals surface area (Å²) in [6, 6.07) is 15.4. The van der Waals surface area contributed by atoms with Gasteiger partial charge in [-0.15, -0.1) is 0 Å². The molecule has 0 aliphatic heterocycles. The maximum Gasteiger partial charge on any atom is 0.0338 e. The maximum atomic E-state index is 6.35. The molecular formula is C18H23N. The molecule has 1 heteroatoms. The van der Waals surface area contributed by atoms with Crippen molar-refractivity contribution in [1.82, 2.24) is 0 Å². The van der Waals surface area contributed by atoms with E-state index in [1.807, 2.05) is 0 Å². The van der Waals surface area contributed by atoms with Crippen LogP contribution in [0.25, 0.3) is 0 Å². The molecule has 1 nitrogen and oxygen atoms in total. The first-order chi connectivity index (χ1) is 9.10. The monoisotopic (exact) mass is 253 g/mol. The highest BCUT2D eigenvalue weighted by Gasteiger charge is 2.09. The third-order valence-electron chi connectivity index (χ3n) is 3.71. The SMILES string of the molecule is CCc1ccc(CC(N)c2ccc(C)cc2C)cc1. The minimum absolute atomic E-state index is 0.0769. The maximum absolute atomic E-state index is 6.35. The quantitative estimate of drug-likeness (QED) is 0.872. The second kappa shape index (κ2) is 6.03. The molecule has 1 unspecified atom stereocenters. The van der Waals surface area contributed by atoms with Gasteiger partial charge in [-0.1, -0.05) is 55.0 Å². The zero-order chi connectivity index (χ0) is 13.8. The van der Waals surface area contributed by atoms with Crippen molar-refractivity contribution in [1.29, 1.82) is 0 Å². The van der Waals surface area contributed by atoms with E-state index in [1.54, 1.807) is 0 Å². The van der Waals surface area contributed by atoms with Crippen molar-refractivity contribution in [2.45, 2.75) is 39.7 Å². The second-order valence-electron chi connectivity index (χ2n) is 5.34. The summed E-state index contributed by atoms with van der Waals surface area (Å²) in [6.45, 7) is 6.44. The Labute approximate surface area is 116 Å². The average molecular weight is 253 g/mol. The van der Waals surface area contributed by atoms with E-state index in [9.17, 15) is 0 Å². The van der Waals surface area contributed by atoms with Crippen LogP contribution in [-0.4, -0.2) is 0 Å². The Morgan fingerprint density at radius 1 is 0.947 bits per heavy atom. The summed E-state index contributed by atoms with van der Waals surface area (Å²) in [5, 5.41) is 0. The lowest BCUT2D eigenvalue weighted by Crippen LogP contribution is -2.14. The third kappa shape index (κ3) is 3.45. The van der Waals surface area contributed by atoms with Gasteiger partial charge in [-0.05, 0) is 48.9 Å². The molecule has 0 aliphatic carbocycles. The lowest BCUT2D eigenvalue weighted by Gasteiger charge is -2.15. The Morgan fingerprint density at radius 3 is 2.16 bits per heavy atom. The molecule has 0 radical (unpaired) electrons. The van der Waals surface area contributed by atoms with Crippen molar-refractivity contribution in [3.05, 3.63) is 70.3 Å². The molecule has 2 N–H and O–H groups in total. The van der Waals surface area contributed by atoms with Crippen LogP contribution in [-0.2, 0) is 12.8 Å². The third-order valence-corrected chi connectivity index (χ3v) is 3.71. The molecule has 0 aromatic heterocycles. The summed E-state index contributed by atoms with van der Waals surface area (Å²) in [5.74, 6) is 0. The lowest BCUT2D eigenvalue weighted by atomic mass is 9.94. The molecule has 1 atom stereocenters. The molecule has 0 amide bonds. The number of aryl methyl sites for hydroxylation is 3. The van der Waals surface area contributed by atoms with Crippen molar-refractivity contribution in [3.63, 3.8) is 0 Å². The van der Waals surface area contributed by atoms with Crippen LogP contribution < -0.4 is 5.73 Å². The van der Waals surface area contributed by atoms with E-state index < -0.39 is 0 Å². The zero-order valence-electron chi connectivity index (χ0n) is 12.1. The molecule has 0 fully saturated rings. The van der Waals surface area contributed by atoms with Gasteiger partial charge in [-0.2, -0.15) is 0 Å². The van der Waals surface area contributed by atoms with E-state index in [0.717, 1.165) is 12.8 Å². The van der Waals surface area contributed by atoms with E-state index in [1.165, 1.54) is 27.8 Å². The number of hydrogen-bond donors (Lipinski definition) is 1. The summed E-state index contributed by atoms with van der Waals surface area (Å²) in [5.41, 5.74) is 12.9. The van der Waals surface area contributed by atoms with Gasteiger partial charge in [0.05, 0.1) is 0 Å². The topological polar surface area (TPSA) is 26.0 Å². The first-order valence-electron chi connectivity index (χ1n) is 7.00. The minimum atomic E-state index is 0.0769. The normalized spacial score (nSPS) is 12.4. The van der Waals surface area contributed by atoms with Crippen LogP contribution in [0.5, 0.6) is 0 Å². The van der Waals surface area contributed by atoms with E-state index in [2.05, 4.69) is 63.2 Å². The van der Waals surface area contributed by atoms with Crippen molar-refractivity contribution < 1.29 is 0 Å². The van der Waals surface area contributed by atoms with Crippen LogP contribution in [0.3, 0.4) is 0 Å². The van der Waals surface area contributed by atoms with Crippen molar-refractivity contribution in [2.24, 2.45) is 5.73 Å². The van der Waals surface area contributed by atoms with Gasteiger partial charge in [-0.25, -0.2) is 0 Å². The van der Waals surface area contributed by atoms with E-state index in [4.69, 9.17) is 5.73 Å². The van der Waals surface area contributed by atoms with Crippen LogP contribution in [0.2, 0.25) is 0 Å². The largest absolute Gasteiger partial charge is 0.324 e. The molecular weight excluding hydrogens is 230 g/mol. The highest BCUT2D eigenvalue weighted by molar-refractivity contribution is 5.34. The van der Waals surface area contributed by atoms with Crippen molar-refractivity contribution in [3.8, 4) is 0 Å². The van der Waals surface area contributed by atoms with Crippen LogP contribution in [0, 0.1) is 13.8 Å². The molecule has 2 rings (SSSR count). The van der Waals surface area contributed by atoms with Gasteiger partial charge in [-0.3, -0.25) is 0 Å². The first-order valence-corrected chi connectivity index (χ1v) is 7.00. The van der Waals surface area contributed by atoms with Gasteiger partial charge < -0.3 is 5.73 Å². The fraction of sp³-hybridized carbons (Fsp3) is 0.333. The summed E-state index contributed by atoms with van der Waals surface area (Å²) in [6.07, 6.45) is 1.98. The molecule has 0 heterocycles. The molecule has 2 aromatic rings. The average Bonchev–Trinajstić information content (AvgIpc) is 2.39. The Hall–Kier alpha value is -1.60. The molecule has 19 heavy (non-hydrogen) atoms. The highest BCUT2D eigenvalue weighted by atomic mass is 14.6. The van der Waals surface area contributed by atoms with Gasteiger partial charge in [0.25, 0.3) is 0 Å². The Bertz CT molecular complexity index is 540. The van der Waals surface area contributed by atoms with Crippen LogP contribution in [0.4, 0.5) is 0 Å². The fourth-order valence-corrected chi connectivity index (χ4v) is 2.52. The number of benzene rings is 2. The number of rotatable bonds is 4. The Kier molecular flexibility index (Phi) is 4.39. The molecule has 0 aliphatic rings. The van der Waals surface area contributed by atoms with Gasteiger partial charge >= 0.3 is 0 Å². The zero-order valence-corrected chi connectivity index (χ0v) is 12.1. The standard InChI is InChI=1S/C18H23N/c1-4-15-6-8-16(9-7-15)12-18(19)17-10-5-13(2)11-14(17)3/h5-11,18H,4,12,19H2,1-3H3. The summed E-state index contributed by atoms with van der Waals surface area (Å²) in [7, 11) is 0. The van der Waals surface area contributed by atoms with E-state index in [0.29, 0.717) is 0 Å². The van der Waals surface area contributed by atoms with Gasteiger partial charge in [0, 0.05) is 6.04 Å². The molecule has 2 aromatic carbocycles. The molecule has 100 valence electrons. The van der Waals surface area contributed by atoms with Crippen molar-refractivity contribution in [2.75, 3.05) is 0 Å². The molecule has 0 saturated carbocycles. The fourth-order valence-electron chi connectivity index (χ4n) is 2.52. The summed E-state index contributed by atoms with van der Waals surface area (Å²) in [4.78, 5) is 0. The van der Waals surface area contributed by atoms with E-state index >= 15 is 0 Å². The Balaban J connectivity index is 2.13. The number of hydrogen-bond acceptors (Lipinski definition) is 1. The molecule has 0 bridgehead atoms. The lowest BCUT2D eigenvalue weighted by molar-refractivity contribution is 0.716. The molecule has 0 saturated heterocycles. The van der Waals surface area contributed by atoms with E-state index in [-0.39, 0.29) is 6.04 Å². The van der Waals surface area contributed by atoms with Crippen LogP contribution in [0.1, 0.15) is 40.8 Å². The van der Waals surface area contributed by atoms with Crippen LogP contribution in [0.15, 0.2) is 42.5 Å². The van der Waals surface area contributed by atoms with Gasteiger partial charge in [0.1, 0.15) is 0 Å².